The van der Waals surface area contributed by atoms with Crippen LogP contribution in [0.3, 0.4) is 0 Å². The number of imidazole rings is 1. The van der Waals surface area contributed by atoms with E-state index in [0.717, 1.165) is 42.0 Å². The van der Waals surface area contributed by atoms with Crippen LogP contribution in [0.15, 0.2) is 6.20 Å². The molecule has 23 heavy (non-hydrogen) atoms. The quantitative estimate of drug-likeness (QED) is 0.773. The van der Waals surface area contributed by atoms with E-state index in [4.69, 9.17) is 5.10 Å². The number of likely N-dealkylation sites (N-methyl/N-ethyl adjacent to an activating group) is 2. The monoisotopic (exact) mass is 336 g/mol. The van der Waals surface area contributed by atoms with Crippen LogP contribution in [0.25, 0.3) is 4.96 Å². The molecule has 0 unspecified atom stereocenters. The average molecular weight is 337 g/mol. The van der Waals surface area contributed by atoms with Crippen molar-refractivity contribution in [3.63, 3.8) is 0 Å². The summed E-state index contributed by atoms with van der Waals surface area (Å²) >= 11 is 1.70. The standard InChI is InChI=1S/C16H28N6S/c1-5-20-8-6-7-14(20)12-21(10-9-19(3)4)16-18-22-11-13(2)17-15(22)23-16/h11,14H,5-10,12H2,1-4H3/t14-/m0/s1. The Bertz CT molecular complexity index is 602. The van der Waals surface area contributed by atoms with Gasteiger partial charge >= 0.3 is 0 Å². The van der Waals surface area contributed by atoms with E-state index in [1.165, 1.54) is 19.4 Å². The minimum absolute atomic E-state index is 0.653. The number of fused-ring (bicyclic) bond motifs is 1. The highest BCUT2D eigenvalue weighted by atomic mass is 32.1. The molecule has 0 aromatic carbocycles. The van der Waals surface area contributed by atoms with Crippen molar-refractivity contribution in [2.45, 2.75) is 32.7 Å². The Morgan fingerprint density at radius 3 is 2.87 bits per heavy atom. The molecule has 0 saturated carbocycles. The third-order valence-corrected chi connectivity index (χ3v) is 5.56. The van der Waals surface area contributed by atoms with Crippen molar-refractivity contribution in [3.8, 4) is 0 Å². The Labute approximate surface area is 142 Å². The summed E-state index contributed by atoms with van der Waals surface area (Å²) in [6.07, 6.45) is 4.63. The predicted molar refractivity (Wildman–Crippen MR) is 96.6 cm³/mol. The molecule has 3 rings (SSSR count). The number of hydrogen-bond donors (Lipinski definition) is 0. The maximum atomic E-state index is 4.77. The maximum Gasteiger partial charge on any atom is 0.214 e. The molecule has 2 aromatic heterocycles. The van der Waals surface area contributed by atoms with Gasteiger partial charge in [0, 0.05) is 25.7 Å². The zero-order valence-electron chi connectivity index (χ0n) is 14.7. The summed E-state index contributed by atoms with van der Waals surface area (Å²) in [4.78, 5) is 12.8. The van der Waals surface area contributed by atoms with Gasteiger partial charge in [-0.3, -0.25) is 4.90 Å². The third kappa shape index (κ3) is 3.84. The first kappa shape index (κ1) is 16.7. The second-order valence-electron chi connectivity index (χ2n) is 6.67. The lowest BCUT2D eigenvalue weighted by atomic mass is 10.2. The van der Waals surface area contributed by atoms with Gasteiger partial charge in [-0.1, -0.05) is 18.3 Å². The smallest absolute Gasteiger partial charge is 0.214 e. The van der Waals surface area contributed by atoms with Gasteiger partial charge in [0.05, 0.1) is 11.9 Å². The van der Waals surface area contributed by atoms with Crippen molar-refractivity contribution in [2.24, 2.45) is 0 Å². The van der Waals surface area contributed by atoms with Gasteiger partial charge in [0.1, 0.15) is 0 Å². The van der Waals surface area contributed by atoms with Crippen molar-refractivity contribution in [3.05, 3.63) is 11.9 Å². The fourth-order valence-electron chi connectivity index (χ4n) is 3.28. The molecule has 1 aliphatic rings. The molecule has 0 aliphatic carbocycles. The molecule has 0 radical (unpaired) electrons. The van der Waals surface area contributed by atoms with Crippen molar-refractivity contribution >= 4 is 21.4 Å². The molecular formula is C16H28N6S. The molecule has 1 aliphatic heterocycles. The Morgan fingerprint density at radius 1 is 1.35 bits per heavy atom. The minimum atomic E-state index is 0.653. The molecule has 2 aromatic rings. The summed E-state index contributed by atoms with van der Waals surface area (Å²) in [6, 6.07) is 0.653. The number of likely N-dealkylation sites (tertiary alicyclic amines) is 1. The molecule has 7 heteroatoms. The van der Waals surface area contributed by atoms with Crippen LogP contribution in [-0.2, 0) is 0 Å². The van der Waals surface area contributed by atoms with Crippen LogP contribution in [0.1, 0.15) is 25.5 Å². The van der Waals surface area contributed by atoms with Crippen molar-refractivity contribution < 1.29 is 0 Å². The van der Waals surface area contributed by atoms with Gasteiger partial charge < -0.3 is 9.80 Å². The van der Waals surface area contributed by atoms with Gasteiger partial charge in [-0.25, -0.2) is 9.50 Å². The molecule has 1 fully saturated rings. The molecular weight excluding hydrogens is 308 g/mol. The second-order valence-corrected chi connectivity index (χ2v) is 7.60. The van der Waals surface area contributed by atoms with Crippen molar-refractivity contribution in [1.29, 1.82) is 0 Å². The van der Waals surface area contributed by atoms with Gasteiger partial charge in [-0.05, 0) is 47.0 Å². The van der Waals surface area contributed by atoms with Crippen LogP contribution < -0.4 is 4.90 Å². The lowest BCUT2D eigenvalue weighted by molar-refractivity contribution is 0.267. The molecule has 1 saturated heterocycles. The topological polar surface area (TPSA) is 39.9 Å². The van der Waals surface area contributed by atoms with E-state index in [1.54, 1.807) is 11.3 Å². The van der Waals surface area contributed by atoms with Crippen LogP contribution in [0.2, 0.25) is 0 Å². The molecule has 0 amide bonds. The number of anilines is 1. The second kappa shape index (κ2) is 7.15. The van der Waals surface area contributed by atoms with E-state index in [0.29, 0.717) is 6.04 Å². The van der Waals surface area contributed by atoms with Crippen LogP contribution in [0.5, 0.6) is 0 Å². The van der Waals surface area contributed by atoms with E-state index in [-0.39, 0.29) is 0 Å². The summed E-state index contributed by atoms with van der Waals surface area (Å²) in [5.41, 5.74) is 1.03. The molecule has 1 atom stereocenters. The van der Waals surface area contributed by atoms with Gasteiger partial charge in [-0.2, -0.15) is 0 Å². The van der Waals surface area contributed by atoms with Gasteiger partial charge in [-0.15, -0.1) is 5.10 Å². The van der Waals surface area contributed by atoms with E-state index in [9.17, 15) is 0 Å². The summed E-state index contributed by atoms with van der Waals surface area (Å²) in [6.45, 7) is 9.79. The normalized spacial score (nSPS) is 19.3. The number of rotatable bonds is 7. The predicted octanol–water partition coefficient (Wildman–Crippen LogP) is 1.95. The zero-order valence-corrected chi connectivity index (χ0v) is 15.5. The summed E-state index contributed by atoms with van der Waals surface area (Å²) in [5, 5.41) is 5.86. The van der Waals surface area contributed by atoms with Crippen LogP contribution in [0.4, 0.5) is 5.13 Å². The lowest BCUT2D eigenvalue weighted by Crippen LogP contribution is -2.42. The van der Waals surface area contributed by atoms with E-state index in [2.05, 4.69) is 40.7 Å². The summed E-state index contributed by atoms with van der Waals surface area (Å²) < 4.78 is 1.92. The molecule has 128 valence electrons. The highest BCUT2D eigenvalue weighted by Gasteiger charge is 2.26. The Morgan fingerprint density at radius 2 is 2.17 bits per heavy atom. The number of hydrogen-bond acceptors (Lipinski definition) is 6. The molecule has 0 N–H and O–H groups in total. The molecule has 0 bridgehead atoms. The summed E-state index contributed by atoms with van der Waals surface area (Å²) in [7, 11) is 4.26. The molecule has 6 nitrogen and oxygen atoms in total. The SMILES string of the molecule is CCN1CCC[C@H]1CN(CCN(C)C)c1nn2cc(C)nc2s1. The maximum absolute atomic E-state index is 4.77. The zero-order chi connectivity index (χ0) is 16.4. The van der Waals surface area contributed by atoms with Crippen LogP contribution >= 0.6 is 11.3 Å². The third-order valence-electron chi connectivity index (χ3n) is 4.58. The Kier molecular flexibility index (Phi) is 5.18. The van der Waals surface area contributed by atoms with Crippen molar-refractivity contribution in [1.82, 2.24) is 24.4 Å². The first-order valence-corrected chi connectivity index (χ1v) is 9.35. The van der Waals surface area contributed by atoms with Gasteiger partial charge in [0.15, 0.2) is 0 Å². The fourth-order valence-corrected chi connectivity index (χ4v) is 4.25. The molecule has 3 heterocycles. The highest BCUT2D eigenvalue weighted by molar-refractivity contribution is 7.20. The Hall–Kier alpha value is -1.18. The van der Waals surface area contributed by atoms with E-state index >= 15 is 0 Å². The number of nitrogens with zero attached hydrogens (tertiary/aromatic N) is 6. The Balaban J connectivity index is 1.77. The first-order chi connectivity index (χ1) is 11.1. The number of aromatic nitrogens is 3. The average Bonchev–Trinajstić information content (AvgIpc) is 3.16. The van der Waals surface area contributed by atoms with Crippen LogP contribution in [-0.4, -0.2) is 77.3 Å². The first-order valence-electron chi connectivity index (χ1n) is 8.53. The fraction of sp³-hybridized carbons (Fsp3) is 0.750. The summed E-state index contributed by atoms with van der Waals surface area (Å²) in [5.74, 6) is 0. The lowest BCUT2D eigenvalue weighted by Gasteiger charge is -2.30. The van der Waals surface area contributed by atoms with E-state index < -0.39 is 0 Å². The van der Waals surface area contributed by atoms with E-state index in [1.807, 2.05) is 17.6 Å². The molecule has 0 spiro atoms. The van der Waals surface area contributed by atoms with Crippen molar-refractivity contribution in [2.75, 3.05) is 51.7 Å². The largest absolute Gasteiger partial charge is 0.344 e. The van der Waals surface area contributed by atoms with Gasteiger partial charge in [0.2, 0.25) is 10.1 Å². The minimum Gasteiger partial charge on any atom is -0.344 e. The number of aryl methyl sites for hydroxylation is 1. The highest BCUT2D eigenvalue weighted by Crippen LogP contribution is 2.26. The van der Waals surface area contributed by atoms with Crippen LogP contribution in [0, 0.1) is 6.92 Å². The van der Waals surface area contributed by atoms with Gasteiger partial charge in [0.25, 0.3) is 0 Å².